The van der Waals surface area contributed by atoms with Crippen molar-refractivity contribution in [1.29, 1.82) is 0 Å². The fraction of sp³-hybridized carbons (Fsp3) is 0.700. The zero-order valence-corrected chi connectivity index (χ0v) is 14.3. The molecule has 3 N–H and O–H groups in total. The van der Waals surface area contributed by atoms with Crippen molar-refractivity contribution in [2.45, 2.75) is 57.8 Å². The lowest BCUT2D eigenvalue weighted by Crippen LogP contribution is -2.43. The van der Waals surface area contributed by atoms with E-state index in [0.29, 0.717) is 29.6 Å². The summed E-state index contributed by atoms with van der Waals surface area (Å²) in [6.45, 7) is 5.54. The van der Waals surface area contributed by atoms with E-state index in [1.165, 1.54) is 36.8 Å². The molecular formula is C20H29NO2. The molecule has 3 nitrogen and oxygen atoms in total. The smallest absolute Gasteiger partial charge is 0.115 e. The molecule has 0 amide bonds. The van der Waals surface area contributed by atoms with Crippen LogP contribution in [0.15, 0.2) is 18.2 Å². The van der Waals surface area contributed by atoms with Crippen LogP contribution in [-0.4, -0.2) is 11.7 Å². The summed E-state index contributed by atoms with van der Waals surface area (Å²) in [7, 11) is 0. The minimum Gasteiger partial charge on any atom is -0.508 e. The Morgan fingerprint density at radius 3 is 2.87 bits per heavy atom. The van der Waals surface area contributed by atoms with E-state index in [-0.39, 0.29) is 0 Å². The third kappa shape index (κ3) is 2.24. The van der Waals surface area contributed by atoms with Gasteiger partial charge in [-0.2, -0.15) is 0 Å². The highest BCUT2D eigenvalue weighted by atomic mass is 16.6. The molecule has 0 bridgehead atoms. The maximum Gasteiger partial charge on any atom is 0.115 e. The Balaban J connectivity index is 1.74. The molecule has 23 heavy (non-hydrogen) atoms. The maximum atomic E-state index is 9.92. The van der Waals surface area contributed by atoms with Crippen molar-refractivity contribution < 1.29 is 9.94 Å². The lowest BCUT2D eigenvalue weighted by molar-refractivity contribution is 0.0187. The summed E-state index contributed by atoms with van der Waals surface area (Å²) in [4.78, 5) is 5.03. The predicted molar refractivity (Wildman–Crippen MR) is 91.1 cm³/mol. The molecule has 0 spiro atoms. The molecule has 2 fully saturated rings. The summed E-state index contributed by atoms with van der Waals surface area (Å²) in [6.07, 6.45) is 6.55. The van der Waals surface area contributed by atoms with E-state index in [1.54, 1.807) is 0 Å². The van der Waals surface area contributed by atoms with Crippen LogP contribution in [-0.2, 0) is 4.84 Å². The molecule has 0 aliphatic heterocycles. The fourth-order valence-electron chi connectivity index (χ4n) is 6.25. The van der Waals surface area contributed by atoms with Crippen molar-refractivity contribution in [2.75, 3.05) is 6.61 Å². The second-order valence-corrected chi connectivity index (χ2v) is 8.48. The molecule has 6 atom stereocenters. The molecule has 2 saturated carbocycles. The van der Waals surface area contributed by atoms with Gasteiger partial charge in [-0.1, -0.05) is 19.9 Å². The number of hydrogen-bond donors (Lipinski definition) is 2. The lowest BCUT2D eigenvalue weighted by Gasteiger charge is -2.52. The Bertz CT molecular complexity index is 601. The van der Waals surface area contributed by atoms with E-state index in [2.05, 4.69) is 19.9 Å². The monoisotopic (exact) mass is 315 g/mol. The minimum absolute atomic E-state index is 0.321. The van der Waals surface area contributed by atoms with Crippen molar-refractivity contribution in [3.8, 4) is 5.75 Å². The van der Waals surface area contributed by atoms with Gasteiger partial charge in [0.1, 0.15) is 5.75 Å². The van der Waals surface area contributed by atoms with E-state index >= 15 is 0 Å². The largest absolute Gasteiger partial charge is 0.508 e. The van der Waals surface area contributed by atoms with Gasteiger partial charge in [-0.05, 0) is 84.5 Å². The third-order valence-electron chi connectivity index (χ3n) is 7.67. The van der Waals surface area contributed by atoms with Crippen LogP contribution in [0, 0.1) is 23.2 Å². The first-order valence-corrected chi connectivity index (χ1v) is 9.19. The van der Waals surface area contributed by atoms with Gasteiger partial charge in [0.05, 0.1) is 6.61 Å². The van der Waals surface area contributed by atoms with Crippen LogP contribution in [0.4, 0.5) is 0 Å². The molecule has 3 heteroatoms. The van der Waals surface area contributed by atoms with Crippen molar-refractivity contribution in [2.24, 2.45) is 29.1 Å². The second-order valence-electron chi connectivity index (χ2n) is 8.48. The Morgan fingerprint density at radius 2 is 2.09 bits per heavy atom. The number of phenols is 1. The molecular weight excluding hydrogens is 286 g/mol. The number of nitrogens with two attached hydrogens (primary N) is 1. The van der Waals surface area contributed by atoms with Gasteiger partial charge in [-0.3, -0.25) is 0 Å². The van der Waals surface area contributed by atoms with Crippen molar-refractivity contribution in [3.05, 3.63) is 29.3 Å². The third-order valence-corrected chi connectivity index (χ3v) is 7.67. The molecule has 0 radical (unpaired) electrons. The minimum atomic E-state index is 0.321. The fourth-order valence-corrected chi connectivity index (χ4v) is 6.25. The summed E-state index contributed by atoms with van der Waals surface area (Å²) in [5.74, 6) is 9.18. The number of aromatic hydroxyl groups is 1. The number of phenolic OH excluding ortho intramolecular Hbond substituents is 1. The Labute approximate surface area is 139 Å². The average molecular weight is 315 g/mol. The molecule has 1 aromatic carbocycles. The second kappa shape index (κ2) is 5.49. The van der Waals surface area contributed by atoms with Crippen LogP contribution in [0.25, 0.3) is 0 Å². The SMILES string of the molecule is CC1CC[C@H]2[C@@H]3C[C@@H](CON)c4cc(O)ccc4[C@H]3CC[C@]12C. The first kappa shape index (κ1) is 15.5. The predicted octanol–water partition coefficient (Wildman–Crippen LogP) is 4.32. The van der Waals surface area contributed by atoms with Gasteiger partial charge >= 0.3 is 0 Å². The normalized spacial score (nSPS) is 42.0. The molecule has 3 aliphatic carbocycles. The lowest BCUT2D eigenvalue weighted by atomic mass is 9.53. The first-order chi connectivity index (χ1) is 11.0. The van der Waals surface area contributed by atoms with Crippen molar-refractivity contribution in [1.82, 2.24) is 0 Å². The van der Waals surface area contributed by atoms with Crippen LogP contribution in [0.2, 0.25) is 0 Å². The van der Waals surface area contributed by atoms with Crippen LogP contribution in [0.1, 0.15) is 68.9 Å². The number of rotatable bonds is 2. The van der Waals surface area contributed by atoms with E-state index < -0.39 is 0 Å². The topological polar surface area (TPSA) is 55.5 Å². The van der Waals surface area contributed by atoms with E-state index in [9.17, 15) is 5.11 Å². The highest BCUT2D eigenvalue weighted by Gasteiger charge is 2.54. The summed E-state index contributed by atoms with van der Waals surface area (Å²) in [5.41, 5.74) is 3.23. The maximum absolute atomic E-state index is 9.92. The van der Waals surface area contributed by atoms with Crippen LogP contribution < -0.4 is 5.90 Å². The van der Waals surface area contributed by atoms with E-state index in [1.807, 2.05) is 12.1 Å². The standard InChI is InChI=1S/C20H29NO2/c1-12-3-6-19-18-9-13(11-23-21)17-10-14(22)4-5-15(17)16(18)7-8-20(12,19)2/h4-5,10,12-13,16,18-19,22H,3,6-9,11,21H2,1-2H3/t12?,13-,16+,18+,19-,20+/m0/s1. The highest BCUT2D eigenvalue weighted by molar-refractivity contribution is 5.42. The first-order valence-electron chi connectivity index (χ1n) is 9.19. The summed E-state index contributed by atoms with van der Waals surface area (Å²) >= 11 is 0. The van der Waals surface area contributed by atoms with Gasteiger partial charge in [0.25, 0.3) is 0 Å². The number of hydrogen-bond acceptors (Lipinski definition) is 3. The average Bonchev–Trinajstić information content (AvgIpc) is 2.83. The summed E-state index contributed by atoms with van der Waals surface area (Å²) in [6, 6.07) is 5.96. The number of benzene rings is 1. The van der Waals surface area contributed by atoms with Gasteiger partial charge in [-0.15, -0.1) is 0 Å². The molecule has 0 heterocycles. The quantitative estimate of drug-likeness (QED) is 0.799. The highest BCUT2D eigenvalue weighted by Crippen LogP contribution is 2.64. The molecule has 1 aromatic rings. The zero-order valence-electron chi connectivity index (χ0n) is 14.3. The van der Waals surface area contributed by atoms with Crippen LogP contribution >= 0.6 is 0 Å². The summed E-state index contributed by atoms with van der Waals surface area (Å²) in [5, 5.41) is 9.92. The van der Waals surface area contributed by atoms with Crippen molar-refractivity contribution >= 4 is 0 Å². The van der Waals surface area contributed by atoms with Crippen molar-refractivity contribution in [3.63, 3.8) is 0 Å². The van der Waals surface area contributed by atoms with Gasteiger partial charge in [0.15, 0.2) is 0 Å². The Hall–Kier alpha value is -1.06. The molecule has 0 aromatic heterocycles. The number of fused-ring (bicyclic) bond motifs is 5. The summed E-state index contributed by atoms with van der Waals surface area (Å²) < 4.78 is 0. The van der Waals surface area contributed by atoms with Gasteiger partial charge in [0, 0.05) is 5.92 Å². The van der Waals surface area contributed by atoms with Crippen LogP contribution in [0.5, 0.6) is 5.75 Å². The van der Waals surface area contributed by atoms with Gasteiger partial charge in [0.2, 0.25) is 0 Å². The molecule has 1 unspecified atom stereocenters. The van der Waals surface area contributed by atoms with Crippen LogP contribution in [0.3, 0.4) is 0 Å². The molecule has 3 aliphatic rings. The van der Waals surface area contributed by atoms with E-state index in [4.69, 9.17) is 10.7 Å². The molecule has 126 valence electrons. The molecule has 0 saturated heterocycles. The Morgan fingerprint density at radius 1 is 1.26 bits per heavy atom. The zero-order chi connectivity index (χ0) is 16.2. The van der Waals surface area contributed by atoms with Gasteiger partial charge in [-0.25, -0.2) is 5.90 Å². The Kier molecular flexibility index (Phi) is 3.69. The van der Waals surface area contributed by atoms with E-state index in [0.717, 1.165) is 24.2 Å². The van der Waals surface area contributed by atoms with Gasteiger partial charge < -0.3 is 9.94 Å². The molecule has 4 rings (SSSR count).